The van der Waals surface area contributed by atoms with Gasteiger partial charge in [0.25, 0.3) is 0 Å². The predicted molar refractivity (Wildman–Crippen MR) is 85.6 cm³/mol. The fourth-order valence-corrected chi connectivity index (χ4v) is 2.83. The smallest absolute Gasteiger partial charge is 0.232 e. The molecular weight excluding hydrogens is 296 g/mol. The molecule has 0 bridgehead atoms. The van der Waals surface area contributed by atoms with Crippen molar-refractivity contribution >= 4 is 32.9 Å². The molecule has 5 nitrogen and oxygen atoms in total. The molecule has 0 saturated carbocycles. The summed E-state index contributed by atoms with van der Waals surface area (Å²) in [7, 11) is -3.30. The van der Waals surface area contributed by atoms with Crippen molar-refractivity contribution in [1.82, 2.24) is 0 Å². The molecular formula is C13H20N2O3S2. The lowest BCUT2D eigenvalue weighted by Crippen LogP contribution is -2.18. The first kappa shape index (κ1) is 16.7. The van der Waals surface area contributed by atoms with Crippen LogP contribution in [0.15, 0.2) is 24.3 Å². The van der Waals surface area contributed by atoms with Gasteiger partial charge in [-0.15, -0.1) is 0 Å². The first-order valence-corrected chi connectivity index (χ1v) is 8.36. The molecule has 0 heterocycles. The van der Waals surface area contributed by atoms with E-state index >= 15 is 0 Å². The van der Waals surface area contributed by atoms with Crippen molar-refractivity contribution in [2.75, 3.05) is 17.1 Å². The second kappa shape index (κ2) is 7.44. The molecule has 0 radical (unpaired) electrons. The van der Waals surface area contributed by atoms with Crippen LogP contribution < -0.4 is 15.2 Å². The maximum atomic E-state index is 11.8. The fourth-order valence-electron chi connectivity index (χ4n) is 1.40. The molecule has 0 unspecified atom stereocenters. The number of hydrogen-bond acceptors (Lipinski definition) is 4. The number of thiocarbonyl (C=S) groups is 1. The zero-order valence-electron chi connectivity index (χ0n) is 11.6. The Morgan fingerprint density at radius 1 is 1.35 bits per heavy atom. The average Bonchev–Trinajstić information content (AvgIpc) is 2.35. The maximum absolute atomic E-state index is 11.8. The number of nitrogens with one attached hydrogen (secondary N) is 1. The van der Waals surface area contributed by atoms with Crippen molar-refractivity contribution in [1.29, 1.82) is 0 Å². The van der Waals surface area contributed by atoms with Crippen LogP contribution >= 0.6 is 12.2 Å². The van der Waals surface area contributed by atoms with Gasteiger partial charge in [0.2, 0.25) is 10.0 Å². The standard InChI is InChI=1S/C13H20N2O3S2/c1-10(2)7-8-20(16,17)15-11-3-5-12(6-4-11)18-9-13(14)19/h3-6,10,15H,7-9H2,1-2H3,(H2,14,19). The van der Waals surface area contributed by atoms with E-state index in [1.807, 2.05) is 13.8 Å². The Labute approximate surface area is 125 Å². The van der Waals surface area contributed by atoms with E-state index in [1.54, 1.807) is 24.3 Å². The first-order chi connectivity index (χ1) is 9.28. The molecule has 0 aliphatic heterocycles. The molecule has 7 heteroatoms. The normalized spacial score (nSPS) is 11.3. The van der Waals surface area contributed by atoms with Gasteiger partial charge >= 0.3 is 0 Å². The van der Waals surface area contributed by atoms with E-state index in [0.29, 0.717) is 23.8 Å². The van der Waals surface area contributed by atoms with Gasteiger partial charge in [0, 0.05) is 5.69 Å². The van der Waals surface area contributed by atoms with Crippen molar-refractivity contribution in [3.05, 3.63) is 24.3 Å². The molecule has 1 aromatic rings. The highest BCUT2D eigenvalue weighted by Crippen LogP contribution is 2.17. The molecule has 0 aliphatic carbocycles. The Hall–Kier alpha value is -1.34. The number of rotatable bonds is 8. The van der Waals surface area contributed by atoms with Gasteiger partial charge in [-0.1, -0.05) is 26.1 Å². The predicted octanol–water partition coefficient (Wildman–Crippen LogP) is 2.14. The Kier molecular flexibility index (Phi) is 6.22. The van der Waals surface area contributed by atoms with Crippen LogP contribution in [0.2, 0.25) is 0 Å². The SMILES string of the molecule is CC(C)CCS(=O)(=O)Nc1ccc(OCC(N)=S)cc1. The molecule has 3 N–H and O–H groups in total. The minimum Gasteiger partial charge on any atom is -0.487 e. The van der Waals surface area contributed by atoms with Crippen LogP contribution in [0.1, 0.15) is 20.3 Å². The third-order valence-corrected chi connectivity index (χ3v) is 3.91. The van der Waals surface area contributed by atoms with E-state index in [1.165, 1.54) is 0 Å². The molecule has 0 saturated heterocycles. The van der Waals surface area contributed by atoms with Gasteiger partial charge in [-0.05, 0) is 36.6 Å². The van der Waals surface area contributed by atoms with Gasteiger partial charge in [-0.3, -0.25) is 4.72 Å². The van der Waals surface area contributed by atoms with E-state index in [4.69, 9.17) is 22.7 Å². The summed E-state index contributed by atoms with van der Waals surface area (Å²) in [5, 5.41) is 0. The second-order valence-corrected chi connectivity index (χ2v) is 7.25. The van der Waals surface area contributed by atoms with Crippen molar-refractivity contribution in [3.63, 3.8) is 0 Å². The van der Waals surface area contributed by atoms with Crippen LogP contribution in [0, 0.1) is 5.92 Å². The molecule has 0 fully saturated rings. The van der Waals surface area contributed by atoms with E-state index in [2.05, 4.69) is 4.72 Å². The number of sulfonamides is 1. The molecule has 112 valence electrons. The van der Waals surface area contributed by atoms with E-state index < -0.39 is 10.0 Å². The summed E-state index contributed by atoms with van der Waals surface area (Å²) in [6.07, 6.45) is 0.629. The van der Waals surface area contributed by atoms with Crippen molar-refractivity contribution < 1.29 is 13.2 Å². The lowest BCUT2D eigenvalue weighted by atomic mass is 10.2. The molecule has 0 atom stereocenters. The monoisotopic (exact) mass is 316 g/mol. The fraction of sp³-hybridized carbons (Fsp3) is 0.462. The summed E-state index contributed by atoms with van der Waals surface area (Å²) < 4.78 is 31.5. The number of hydrogen-bond donors (Lipinski definition) is 2. The quantitative estimate of drug-likeness (QED) is 0.718. The van der Waals surface area contributed by atoms with E-state index in [0.717, 1.165) is 0 Å². The summed E-state index contributed by atoms with van der Waals surface area (Å²) in [5.41, 5.74) is 5.84. The summed E-state index contributed by atoms with van der Waals surface area (Å²) in [5.74, 6) is 1.05. The molecule has 1 rings (SSSR count). The van der Waals surface area contributed by atoms with Crippen LogP contribution in [0.3, 0.4) is 0 Å². The van der Waals surface area contributed by atoms with E-state index in [-0.39, 0.29) is 17.3 Å². The molecule has 1 aromatic carbocycles. The van der Waals surface area contributed by atoms with Crippen molar-refractivity contribution in [2.24, 2.45) is 11.7 Å². The Balaban J connectivity index is 2.58. The van der Waals surface area contributed by atoms with Crippen LogP contribution in [0.5, 0.6) is 5.75 Å². The molecule has 20 heavy (non-hydrogen) atoms. The Morgan fingerprint density at radius 2 is 1.95 bits per heavy atom. The van der Waals surface area contributed by atoms with Crippen LogP contribution in [0.25, 0.3) is 0 Å². The van der Waals surface area contributed by atoms with Gasteiger partial charge < -0.3 is 10.5 Å². The zero-order chi connectivity index (χ0) is 15.2. The van der Waals surface area contributed by atoms with Crippen molar-refractivity contribution in [3.8, 4) is 5.75 Å². The minimum atomic E-state index is -3.30. The summed E-state index contributed by atoms with van der Waals surface area (Å²) in [4.78, 5) is 0.267. The summed E-state index contributed by atoms with van der Waals surface area (Å²) >= 11 is 4.70. The van der Waals surface area contributed by atoms with Gasteiger partial charge in [0.1, 0.15) is 17.3 Å². The third kappa shape index (κ3) is 6.72. The van der Waals surface area contributed by atoms with Crippen LogP contribution in [-0.4, -0.2) is 25.8 Å². The number of nitrogens with two attached hydrogens (primary N) is 1. The zero-order valence-corrected chi connectivity index (χ0v) is 13.3. The summed E-state index contributed by atoms with van der Waals surface area (Å²) in [6, 6.07) is 6.61. The average molecular weight is 316 g/mol. The Morgan fingerprint density at radius 3 is 2.45 bits per heavy atom. The second-order valence-electron chi connectivity index (χ2n) is 4.88. The van der Waals surface area contributed by atoms with Gasteiger partial charge in [-0.25, -0.2) is 8.42 Å². The molecule has 0 amide bonds. The van der Waals surface area contributed by atoms with Crippen molar-refractivity contribution in [2.45, 2.75) is 20.3 Å². The van der Waals surface area contributed by atoms with Gasteiger partial charge in [0.15, 0.2) is 0 Å². The maximum Gasteiger partial charge on any atom is 0.232 e. The van der Waals surface area contributed by atoms with Gasteiger partial charge in [-0.2, -0.15) is 0 Å². The number of anilines is 1. The lowest BCUT2D eigenvalue weighted by Gasteiger charge is -2.10. The first-order valence-electron chi connectivity index (χ1n) is 6.30. The summed E-state index contributed by atoms with van der Waals surface area (Å²) in [6.45, 7) is 4.14. The van der Waals surface area contributed by atoms with Crippen LogP contribution in [-0.2, 0) is 10.0 Å². The third-order valence-electron chi connectivity index (χ3n) is 2.47. The lowest BCUT2D eigenvalue weighted by molar-refractivity contribution is 0.377. The molecule has 0 aliphatic rings. The molecule has 0 aromatic heterocycles. The number of benzene rings is 1. The highest BCUT2D eigenvalue weighted by Gasteiger charge is 2.11. The topological polar surface area (TPSA) is 81.4 Å². The Bertz CT molecular complexity index is 539. The largest absolute Gasteiger partial charge is 0.487 e. The highest BCUT2D eigenvalue weighted by atomic mass is 32.2. The van der Waals surface area contributed by atoms with E-state index in [9.17, 15) is 8.42 Å². The highest BCUT2D eigenvalue weighted by molar-refractivity contribution is 7.92. The number of ether oxygens (including phenoxy) is 1. The minimum absolute atomic E-state index is 0.115. The van der Waals surface area contributed by atoms with Gasteiger partial charge in [0.05, 0.1) is 5.75 Å². The van der Waals surface area contributed by atoms with Crippen LogP contribution in [0.4, 0.5) is 5.69 Å². The molecule has 0 spiro atoms.